The van der Waals surface area contributed by atoms with E-state index in [1.807, 2.05) is 39.0 Å². The van der Waals surface area contributed by atoms with Gasteiger partial charge in [-0.2, -0.15) is 0 Å². The first-order valence-electron chi connectivity index (χ1n) is 7.62. The zero-order chi connectivity index (χ0) is 17.9. The first-order valence-corrected chi connectivity index (χ1v) is 9.51. The lowest BCUT2D eigenvalue weighted by Crippen LogP contribution is -2.31. The number of carbonyl (C=O) groups excluding carboxylic acids is 1. The van der Waals surface area contributed by atoms with E-state index in [1.165, 1.54) is 6.26 Å². The van der Waals surface area contributed by atoms with Crippen LogP contribution in [0.25, 0.3) is 0 Å². The molecule has 128 valence electrons. The average Bonchev–Trinajstić information content (AvgIpc) is 2.50. The monoisotopic (exact) mass is 346 g/mol. The van der Waals surface area contributed by atoms with Crippen LogP contribution in [0.1, 0.15) is 29.7 Å². The van der Waals surface area contributed by atoms with E-state index >= 15 is 0 Å². The number of hydrogen-bond donors (Lipinski definition) is 2. The molecule has 0 heterocycles. The molecule has 0 saturated heterocycles. The summed E-state index contributed by atoms with van der Waals surface area (Å²) in [4.78, 5) is 12.5. The van der Waals surface area contributed by atoms with Crippen LogP contribution in [-0.4, -0.2) is 20.7 Å². The highest BCUT2D eigenvalue weighted by Crippen LogP contribution is 2.20. The molecular weight excluding hydrogens is 324 g/mol. The highest BCUT2D eigenvalue weighted by Gasteiger charge is 2.13. The number of urea groups is 1. The molecule has 6 heteroatoms. The zero-order valence-electron chi connectivity index (χ0n) is 14.3. The molecule has 1 atom stereocenters. The minimum absolute atomic E-state index is 0.247. The van der Waals surface area contributed by atoms with Crippen molar-refractivity contribution in [2.45, 2.75) is 31.7 Å². The second-order valence-electron chi connectivity index (χ2n) is 5.93. The van der Waals surface area contributed by atoms with Crippen LogP contribution in [0, 0.1) is 13.8 Å². The largest absolute Gasteiger partial charge is 0.331 e. The van der Waals surface area contributed by atoms with Gasteiger partial charge in [0.1, 0.15) is 0 Å². The minimum atomic E-state index is -3.22. The summed E-state index contributed by atoms with van der Waals surface area (Å²) < 4.78 is 23.0. The van der Waals surface area contributed by atoms with Crippen LogP contribution < -0.4 is 10.6 Å². The molecule has 0 spiro atoms. The number of nitrogens with one attached hydrogen (secondary N) is 2. The van der Waals surface area contributed by atoms with Gasteiger partial charge in [0.2, 0.25) is 0 Å². The molecule has 0 aliphatic rings. The topological polar surface area (TPSA) is 75.3 Å². The number of amides is 2. The predicted molar refractivity (Wildman–Crippen MR) is 96.0 cm³/mol. The molecule has 2 N–H and O–H groups in total. The number of sulfone groups is 1. The molecule has 0 aliphatic carbocycles. The van der Waals surface area contributed by atoms with Crippen LogP contribution >= 0.6 is 0 Å². The van der Waals surface area contributed by atoms with Crippen LogP contribution in [0.15, 0.2) is 47.4 Å². The van der Waals surface area contributed by atoms with Crippen molar-refractivity contribution in [3.05, 3.63) is 59.2 Å². The molecule has 0 saturated carbocycles. The van der Waals surface area contributed by atoms with Crippen LogP contribution in [0.3, 0.4) is 0 Å². The molecular formula is C18H22N2O3S. The van der Waals surface area contributed by atoms with E-state index in [0.717, 1.165) is 22.4 Å². The summed E-state index contributed by atoms with van der Waals surface area (Å²) in [5, 5.41) is 5.73. The molecule has 0 radical (unpaired) electrons. The van der Waals surface area contributed by atoms with Gasteiger partial charge in [-0.1, -0.05) is 30.3 Å². The quantitative estimate of drug-likeness (QED) is 0.888. The molecule has 1 unspecified atom stereocenters. The van der Waals surface area contributed by atoms with Crippen LogP contribution in [0.2, 0.25) is 0 Å². The Hall–Kier alpha value is -2.34. The highest BCUT2D eigenvalue weighted by molar-refractivity contribution is 7.90. The van der Waals surface area contributed by atoms with Crippen LogP contribution in [0.5, 0.6) is 0 Å². The maximum absolute atomic E-state index is 12.2. The van der Waals surface area contributed by atoms with Gasteiger partial charge in [-0.25, -0.2) is 13.2 Å². The predicted octanol–water partition coefficient (Wildman–Crippen LogP) is 3.59. The number of para-hydroxylation sites is 1. The minimum Gasteiger partial charge on any atom is -0.331 e. The Balaban J connectivity index is 2.06. The molecule has 2 aromatic carbocycles. The molecule has 0 aromatic heterocycles. The second kappa shape index (κ2) is 7.05. The third-order valence-electron chi connectivity index (χ3n) is 3.88. The maximum Gasteiger partial charge on any atom is 0.319 e. The third kappa shape index (κ3) is 4.35. The maximum atomic E-state index is 12.2. The second-order valence-corrected chi connectivity index (χ2v) is 7.94. The van der Waals surface area contributed by atoms with Crippen molar-refractivity contribution in [1.29, 1.82) is 0 Å². The number of carbonyl (C=O) groups is 1. The molecule has 2 rings (SSSR count). The van der Waals surface area contributed by atoms with E-state index in [1.54, 1.807) is 24.3 Å². The lowest BCUT2D eigenvalue weighted by Gasteiger charge is -2.17. The Morgan fingerprint density at radius 2 is 1.54 bits per heavy atom. The first-order chi connectivity index (χ1) is 11.2. The molecule has 0 fully saturated rings. The Bertz CT molecular complexity index is 823. The zero-order valence-corrected chi connectivity index (χ0v) is 15.1. The van der Waals surface area contributed by atoms with Gasteiger partial charge in [0, 0.05) is 11.9 Å². The van der Waals surface area contributed by atoms with Crippen LogP contribution in [0.4, 0.5) is 10.5 Å². The summed E-state index contributed by atoms with van der Waals surface area (Å²) in [7, 11) is -3.22. The van der Waals surface area contributed by atoms with Crippen molar-refractivity contribution in [3.63, 3.8) is 0 Å². The molecule has 2 aromatic rings. The van der Waals surface area contributed by atoms with Crippen molar-refractivity contribution in [3.8, 4) is 0 Å². The lowest BCUT2D eigenvalue weighted by atomic mass is 10.1. The van der Waals surface area contributed by atoms with Gasteiger partial charge in [-0.15, -0.1) is 0 Å². The van der Waals surface area contributed by atoms with E-state index in [2.05, 4.69) is 10.6 Å². The Morgan fingerprint density at radius 3 is 2.04 bits per heavy atom. The normalized spacial score (nSPS) is 12.5. The smallest absolute Gasteiger partial charge is 0.319 e. The number of anilines is 1. The van der Waals surface area contributed by atoms with E-state index < -0.39 is 9.84 Å². The standard InChI is InChI=1S/C18H22N2O3S/c1-12-6-5-7-13(2)17(12)20-18(21)19-14(3)15-8-10-16(11-9-15)24(4,22)23/h5-11,14H,1-4H3,(H2,19,20,21). The van der Waals surface area contributed by atoms with Crippen molar-refractivity contribution in [1.82, 2.24) is 5.32 Å². The van der Waals surface area contributed by atoms with E-state index in [4.69, 9.17) is 0 Å². The summed E-state index contributed by atoms with van der Waals surface area (Å²) in [6.45, 7) is 5.73. The summed E-state index contributed by atoms with van der Waals surface area (Å²) in [5.41, 5.74) is 3.62. The van der Waals surface area contributed by atoms with Gasteiger partial charge in [-0.3, -0.25) is 0 Å². The molecule has 0 bridgehead atoms. The Morgan fingerprint density at radius 1 is 1.00 bits per heavy atom. The van der Waals surface area contributed by atoms with Crippen molar-refractivity contribution >= 4 is 21.6 Å². The average molecular weight is 346 g/mol. The number of aryl methyl sites for hydroxylation is 2. The summed E-state index contributed by atoms with van der Waals surface area (Å²) in [5.74, 6) is 0. The number of hydrogen-bond acceptors (Lipinski definition) is 3. The summed E-state index contributed by atoms with van der Waals surface area (Å²) in [6, 6.07) is 11.8. The van der Waals surface area contributed by atoms with Gasteiger partial charge in [-0.05, 0) is 49.6 Å². The fourth-order valence-electron chi connectivity index (χ4n) is 2.44. The third-order valence-corrected chi connectivity index (χ3v) is 5.00. The first kappa shape index (κ1) is 18.0. The fraction of sp³-hybridized carbons (Fsp3) is 0.278. The number of rotatable bonds is 4. The van der Waals surface area contributed by atoms with Gasteiger partial charge in [0.05, 0.1) is 10.9 Å². The lowest BCUT2D eigenvalue weighted by molar-refractivity contribution is 0.249. The Kier molecular flexibility index (Phi) is 5.29. The van der Waals surface area contributed by atoms with Crippen LogP contribution in [-0.2, 0) is 9.84 Å². The molecule has 24 heavy (non-hydrogen) atoms. The summed E-state index contributed by atoms with van der Waals surface area (Å²) >= 11 is 0. The van der Waals surface area contributed by atoms with Gasteiger partial charge < -0.3 is 10.6 Å². The highest BCUT2D eigenvalue weighted by atomic mass is 32.2. The van der Waals surface area contributed by atoms with E-state index in [-0.39, 0.29) is 17.0 Å². The van der Waals surface area contributed by atoms with Crippen molar-refractivity contribution in [2.75, 3.05) is 11.6 Å². The molecule has 0 aliphatic heterocycles. The van der Waals surface area contributed by atoms with Gasteiger partial charge in [0.15, 0.2) is 9.84 Å². The number of benzene rings is 2. The molecule has 2 amide bonds. The Labute approximate surface area is 143 Å². The van der Waals surface area contributed by atoms with E-state index in [9.17, 15) is 13.2 Å². The SMILES string of the molecule is Cc1cccc(C)c1NC(=O)NC(C)c1ccc(S(C)(=O)=O)cc1. The van der Waals surface area contributed by atoms with Crippen molar-refractivity contribution in [2.24, 2.45) is 0 Å². The van der Waals surface area contributed by atoms with Crippen molar-refractivity contribution < 1.29 is 13.2 Å². The van der Waals surface area contributed by atoms with E-state index in [0.29, 0.717) is 0 Å². The molecule has 5 nitrogen and oxygen atoms in total. The van der Waals surface area contributed by atoms with Gasteiger partial charge in [0.25, 0.3) is 0 Å². The van der Waals surface area contributed by atoms with Gasteiger partial charge >= 0.3 is 6.03 Å². The summed E-state index contributed by atoms with van der Waals surface area (Å²) in [6.07, 6.45) is 1.17. The fourth-order valence-corrected chi connectivity index (χ4v) is 3.08.